The summed E-state index contributed by atoms with van der Waals surface area (Å²) in [5, 5.41) is 1.83. The quantitative estimate of drug-likeness (QED) is 0.922. The number of nitrogens with two attached hydrogens (primary N) is 1. The highest BCUT2D eigenvalue weighted by atomic mass is 35.5. The average Bonchev–Trinajstić information content (AvgIpc) is 2.65. The zero-order valence-corrected chi connectivity index (χ0v) is 11.5. The fourth-order valence-corrected chi connectivity index (χ4v) is 2.69. The van der Waals surface area contributed by atoms with E-state index in [1.54, 1.807) is 11.3 Å². The first-order valence-corrected chi connectivity index (χ1v) is 6.63. The van der Waals surface area contributed by atoms with Gasteiger partial charge in [-0.25, -0.2) is 4.98 Å². The molecule has 1 aromatic heterocycles. The Kier molecular flexibility index (Phi) is 3.52. The maximum Gasteiger partial charge on any atom is 0.0972 e. The summed E-state index contributed by atoms with van der Waals surface area (Å²) in [4.78, 5) is 5.51. The Morgan fingerprint density at radius 1 is 1.41 bits per heavy atom. The van der Waals surface area contributed by atoms with Gasteiger partial charge in [-0.1, -0.05) is 23.7 Å². The number of aromatic nitrogens is 1. The van der Waals surface area contributed by atoms with Crippen molar-refractivity contribution in [1.29, 1.82) is 0 Å². The molecule has 0 fully saturated rings. The van der Waals surface area contributed by atoms with Gasteiger partial charge in [-0.3, -0.25) is 0 Å². The molecule has 90 valence electrons. The fourth-order valence-electron chi connectivity index (χ4n) is 1.51. The first kappa shape index (κ1) is 12.6. The van der Waals surface area contributed by atoms with Gasteiger partial charge >= 0.3 is 0 Å². The maximum atomic E-state index is 6.04. The van der Waals surface area contributed by atoms with Gasteiger partial charge in [-0.15, -0.1) is 11.3 Å². The van der Waals surface area contributed by atoms with Crippen molar-refractivity contribution in [3.63, 3.8) is 0 Å². The van der Waals surface area contributed by atoms with E-state index >= 15 is 0 Å². The van der Waals surface area contributed by atoms with Gasteiger partial charge in [-0.2, -0.15) is 0 Å². The third-order valence-corrected chi connectivity index (χ3v) is 4.00. The standard InChI is InChI=1S/C13H15ClN2S/c1-13(2,15)11-8-16-12(17-11)7-9-4-3-5-10(14)6-9/h3-6,8H,7,15H2,1-2H3. The molecule has 2 N–H and O–H groups in total. The largest absolute Gasteiger partial charge is 0.321 e. The van der Waals surface area contributed by atoms with Crippen molar-refractivity contribution in [2.45, 2.75) is 25.8 Å². The summed E-state index contributed by atoms with van der Waals surface area (Å²) in [7, 11) is 0. The monoisotopic (exact) mass is 266 g/mol. The van der Waals surface area contributed by atoms with Crippen LogP contribution in [0, 0.1) is 0 Å². The molecule has 2 nitrogen and oxygen atoms in total. The van der Waals surface area contributed by atoms with E-state index in [-0.39, 0.29) is 5.54 Å². The topological polar surface area (TPSA) is 38.9 Å². The van der Waals surface area contributed by atoms with Crippen molar-refractivity contribution in [3.05, 3.63) is 50.9 Å². The number of nitrogens with zero attached hydrogens (tertiary/aromatic N) is 1. The van der Waals surface area contributed by atoms with Crippen molar-refractivity contribution >= 4 is 22.9 Å². The van der Waals surface area contributed by atoms with Crippen LogP contribution in [0.5, 0.6) is 0 Å². The molecular weight excluding hydrogens is 252 g/mol. The van der Waals surface area contributed by atoms with Crippen LogP contribution in [-0.2, 0) is 12.0 Å². The highest BCUT2D eigenvalue weighted by molar-refractivity contribution is 7.11. The molecule has 1 aromatic carbocycles. The molecule has 0 aliphatic carbocycles. The van der Waals surface area contributed by atoms with Gasteiger partial charge < -0.3 is 5.73 Å². The van der Waals surface area contributed by atoms with Gasteiger partial charge in [-0.05, 0) is 31.5 Å². The van der Waals surface area contributed by atoms with Crippen LogP contribution >= 0.6 is 22.9 Å². The molecule has 0 atom stereocenters. The van der Waals surface area contributed by atoms with E-state index in [1.165, 1.54) is 5.56 Å². The fraction of sp³-hybridized carbons (Fsp3) is 0.308. The zero-order chi connectivity index (χ0) is 12.5. The van der Waals surface area contributed by atoms with E-state index in [0.717, 1.165) is 21.3 Å². The minimum atomic E-state index is -0.315. The maximum absolute atomic E-state index is 6.04. The van der Waals surface area contributed by atoms with Gasteiger partial charge in [0.1, 0.15) is 0 Å². The summed E-state index contributed by atoms with van der Waals surface area (Å²) in [5.41, 5.74) is 6.90. The number of halogens is 1. The molecule has 0 saturated heterocycles. The van der Waals surface area contributed by atoms with E-state index in [2.05, 4.69) is 11.1 Å². The van der Waals surface area contributed by atoms with Crippen LogP contribution < -0.4 is 5.73 Å². The first-order valence-electron chi connectivity index (χ1n) is 5.43. The summed E-state index contributed by atoms with van der Waals surface area (Å²) in [6, 6.07) is 7.86. The van der Waals surface area contributed by atoms with Gasteiger partial charge in [0.2, 0.25) is 0 Å². The summed E-state index contributed by atoms with van der Waals surface area (Å²) in [5.74, 6) is 0. The Balaban J connectivity index is 2.17. The molecule has 0 saturated carbocycles. The number of hydrogen-bond acceptors (Lipinski definition) is 3. The Labute approximate surface area is 110 Å². The number of thiazole rings is 1. The number of hydrogen-bond donors (Lipinski definition) is 1. The van der Waals surface area contributed by atoms with Crippen LogP contribution in [-0.4, -0.2) is 4.98 Å². The molecular formula is C13H15ClN2S. The lowest BCUT2D eigenvalue weighted by Gasteiger charge is -2.14. The van der Waals surface area contributed by atoms with Crippen molar-refractivity contribution < 1.29 is 0 Å². The third kappa shape index (κ3) is 3.28. The SMILES string of the molecule is CC(C)(N)c1cnc(Cc2cccc(Cl)c2)s1. The van der Waals surface area contributed by atoms with Gasteiger partial charge in [0.15, 0.2) is 0 Å². The second kappa shape index (κ2) is 4.77. The Morgan fingerprint density at radius 2 is 2.18 bits per heavy atom. The van der Waals surface area contributed by atoms with E-state index < -0.39 is 0 Å². The Hall–Kier alpha value is -0.900. The lowest BCUT2D eigenvalue weighted by Crippen LogP contribution is -2.27. The highest BCUT2D eigenvalue weighted by Gasteiger charge is 2.17. The lowest BCUT2D eigenvalue weighted by atomic mass is 10.1. The predicted molar refractivity (Wildman–Crippen MR) is 73.6 cm³/mol. The smallest absolute Gasteiger partial charge is 0.0972 e. The summed E-state index contributed by atoms with van der Waals surface area (Å²) in [6.45, 7) is 3.98. The molecule has 4 heteroatoms. The minimum Gasteiger partial charge on any atom is -0.321 e. The van der Waals surface area contributed by atoms with Crippen molar-refractivity contribution in [3.8, 4) is 0 Å². The van der Waals surface area contributed by atoms with E-state index in [1.807, 2.05) is 38.2 Å². The van der Waals surface area contributed by atoms with Crippen LogP contribution in [0.3, 0.4) is 0 Å². The highest BCUT2D eigenvalue weighted by Crippen LogP contribution is 2.25. The second-order valence-corrected chi connectivity index (χ2v) is 6.20. The molecule has 0 bridgehead atoms. The van der Waals surface area contributed by atoms with E-state index in [9.17, 15) is 0 Å². The van der Waals surface area contributed by atoms with Crippen molar-refractivity contribution in [2.24, 2.45) is 5.73 Å². The average molecular weight is 267 g/mol. The summed E-state index contributed by atoms with van der Waals surface area (Å²) >= 11 is 7.61. The van der Waals surface area contributed by atoms with Crippen LogP contribution in [0.1, 0.15) is 29.3 Å². The Bertz CT molecular complexity index is 514. The molecule has 2 aromatic rings. The van der Waals surface area contributed by atoms with Crippen LogP contribution in [0.15, 0.2) is 30.5 Å². The van der Waals surface area contributed by atoms with Gasteiger partial charge in [0.25, 0.3) is 0 Å². The molecule has 1 heterocycles. The van der Waals surface area contributed by atoms with Crippen molar-refractivity contribution in [2.75, 3.05) is 0 Å². The second-order valence-electron chi connectivity index (χ2n) is 4.65. The van der Waals surface area contributed by atoms with E-state index in [4.69, 9.17) is 17.3 Å². The Morgan fingerprint density at radius 3 is 2.76 bits per heavy atom. The molecule has 17 heavy (non-hydrogen) atoms. The molecule has 0 radical (unpaired) electrons. The molecule has 0 amide bonds. The summed E-state index contributed by atoms with van der Waals surface area (Å²) in [6.07, 6.45) is 2.67. The van der Waals surface area contributed by atoms with E-state index in [0.29, 0.717) is 0 Å². The first-order chi connectivity index (χ1) is 7.95. The number of benzene rings is 1. The summed E-state index contributed by atoms with van der Waals surface area (Å²) < 4.78 is 0. The molecule has 0 spiro atoms. The van der Waals surface area contributed by atoms with Crippen molar-refractivity contribution in [1.82, 2.24) is 4.98 Å². The zero-order valence-electron chi connectivity index (χ0n) is 9.90. The minimum absolute atomic E-state index is 0.315. The third-order valence-electron chi connectivity index (χ3n) is 2.43. The van der Waals surface area contributed by atoms with Crippen LogP contribution in [0.2, 0.25) is 5.02 Å². The van der Waals surface area contributed by atoms with Gasteiger partial charge in [0.05, 0.1) is 5.01 Å². The normalized spacial score (nSPS) is 11.8. The molecule has 0 unspecified atom stereocenters. The van der Waals surface area contributed by atoms with Crippen LogP contribution in [0.25, 0.3) is 0 Å². The molecule has 2 rings (SSSR count). The lowest BCUT2D eigenvalue weighted by molar-refractivity contribution is 0.566. The number of rotatable bonds is 3. The molecule has 0 aliphatic rings. The molecule has 0 aliphatic heterocycles. The predicted octanol–water partition coefficient (Wildman–Crippen LogP) is 3.58. The van der Waals surface area contributed by atoms with Gasteiger partial charge in [0, 0.05) is 28.1 Å². The van der Waals surface area contributed by atoms with Crippen LogP contribution in [0.4, 0.5) is 0 Å².